The Bertz CT molecular complexity index is 1010. The molecule has 1 amide bonds. The molecule has 3 heterocycles. The Labute approximate surface area is 165 Å². The fourth-order valence-electron chi connectivity index (χ4n) is 4.68. The Balaban J connectivity index is 1.63. The number of benzene rings is 2. The van der Waals surface area contributed by atoms with Gasteiger partial charge in [-0.05, 0) is 44.9 Å². The first kappa shape index (κ1) is 17.4. The van der Waals surface area contributed by atoms with Crippen molar-refractivity contribution in [2.75, 3.05) is 13.1 Å². The fourth-order valence-corrected chi connectivity index (χ4v) is 4.68. The zero-order valence-electron chi connectivity index (χ0n) is 16.2. The van der Waals surface area contributed by atoms with Crippen LogP contribution in [0, 0.1) is 6.92 Å². The number of aryl methyl sites for hydroxylation is 1. The molecule has 2 atom stereocenters. The van der Waals surface area contributed by atoms with E-state index in [1.807, 2.05) is 30.3 Å². The zero-order valence-corrected chi connectivity index (χ0v) is 16.2. The highest BCUT2D eigenvalue weighted by Gasteiger charge is 2.38. The van der Waals surface area contributed by atoms with E-state index in [1.165, 1.54) is 5.56 Å². The molecule has 2 fully saturated rings. The number of carbonyl (C=O) groups excluding carboxylic acids is 1. The van der Waals surface area contributed by atoms with Crippen molar-refractivity contribution < 1.29 is 4.79 Å². The minimum Gasteiger partial charge on any atom is -0.331 e. The van der Waals surface area contributed by atoms with E-state index >= 15 is 0 Å². The summed E-state index contributed by atoms with van der Waals surface area (Å²) in [6.45, 7) is 3.97. The number of aromatic nitrogens is 1. The molecule has 2 saturated heterocycles. The summed E-state index contributed by atoms with van der Waals surface area (Å²) in [5, 5.41) is 4.43. The molecule has 0 radical (unpaired) electrons. The molecule has 0 saturated carbocycles. The van der Waals surface area contributed by atoms with Crippen molar-refractivity contribution in [1.82, 2.24) is 15.2 Å². The molecule has 0 spiro atoms. The third-order valence-corrected chi connectivity index (χ3v) is 6.18. The van der Waals surface area contributed by atoms with E-state index < -0.39 is 0 Å². The number of amides is 1. The van der Waals surface area contributed by atoms with E-state index in [9.17, 15) is 4.79 Å². The zero-order chi connectivity index (χ0) is 19.1. The van der Waals surface area contributed by atoms with Gasteiger partial charge in [-0.3, -0.25) is 4.79 Å². The summed E-state index contributed by atoms with van der Waals surface area (Å²) in [6.07, 6.45) is 3.25. The lowest BCUT2D eigenvalue weighted by Gasteiger charge is -2.28. The minimum absolute atomic E-state index is 0.156. The predicted octanol–water partition coefficient (Wildman–Crippen LogP) is 4.18. The van der Waals surface area contributed by atoms with Gasteiger partial charge in [0.1, 0.15) is 0 Å². The molecule has 28 heavy (non-hydrogen) atoms. The Kier molecular flexibility index (Phi) is 4.36. The summed E-state index contributed by atoms with van der Waals surface area (Å²) in [5.41, 5.74) is 4.78. The van der Waals surface area contributed by atoms with Gasteiger partial charge in [-0.15, -0.1) is 0 Å². The molecule has 2 aliphatic rings. The number of nitrogens with one attached hydrogen (secondary N) is 1. The Hall–Kier alpha value is -2.72. The summed E-state index contributed by atoms with van der Waals surface area (Å²) in [5.74, 6) is 0.156. The molecule has 4 heteroatoms. The van der Waals surface area contributed by atoms with Crippen LogP contribution >= 0.6 is 0 Å². The van der Waals surface area contributed by atoms with Crippen LogP contribution in [0.25, 0.3) is 22.2 Å². The van der Waals surface area contributed by atoms with Crippen LogP contribution in [0.5, 0.6) is 0 Å². The van der Waals surface area contributed by atoms with E-state index in [0.717, 1.165) is 60.1 Å². The molecule has 1 aromatic heterocycles. The molecule has 142 valence electrons. The fraction of sp³-hybridized carbons (Fsp3) is 0.333. The molecule has 2 bridgehead atoms. The van der Waals surface area contributed by atoms with E-state index in [2.05, 4.69) is 41.4 Å². The van der Waals surface area contributed by atoms with E-state index in [-0.39, 0.29) is 5.91 Å². The highest BCUT2D eigenvalue weighted by molar-refractivity contribution is 6.07. The number of hydrogen-bond acceptors (Lipinski definition) is 3. The molecule has 3 aromatic rings. The lowest BCUT2D eigenvalue weighted by atomic mass is 10.0. The second kappa shape index (κ2) is 7.02. The topological polar surface area (TPSA) is 45.2 Å². The molecule has 5 rings (SSSR count). The summed E-state index contributed by atoms with van der Waals surface area (Å²) >= 11 is 0. The lowest BCUT2D eigenvalue weighted by molar-refractivity contribution is 0.0682. The van der Waals surface area contributed by atoms with Gasteiger partial charge in [0, 0.05) is 29.6 Å². The van der Waals surface area contributed by atoms with Gasteiger partial charge in [-0.25, -0.2) is 4.98 Å². The van der Waals surface area contributed by atoms with Gasteiger partial charge in [-0.2, -0.15) is 0 Å². The van der Waals surface area contributed by atoms with Gasteiger partial charge in [0.2, 0.25) is 0 Å². The van der Waals surface area contributed by atoms with E-state index in [0.29, 0.717) is 12.1 Å². The normalized spacial score (nSPS) is 21.7. The number of nitrogens with zero attached hydrogens (tertiary/aromatic N) is 2. The first-order chi connectivity index (χ1) is 13.7. The first-order valence-electron chi connectivity index (χ1n) is 10.2. The second-order valence-corrected chi connectivity index (χ2v) is 8.03. The van der Waals surface area contributed by atoms with Crippen molar-refractivity contribution >= 4 is 16.8 Å². The summed E-state index contributed by atoms with van der Waals surface area (Å²) < 4.78 is 0. The molecule has 2 aromatic carbocycles. The largest absolute Gasteiger partial charge is 0.331 e. The molecule has 0 aliphatic carbocycles. The lowest BCUT2D eigenvalue weighted by Crippen LogP contribution is -2.42. The van der Waals surface area contributed by atoms with Crippen molar-refractivity contribution in [3.05, 3.63) is 65.7 Å². The van der Waals surface area contributed by atoms with Gasteiger partial charge in [0.25, 0.3) is 5.91 Å². The third kappa shape index (κ3) is 2.98. The Morgan fingerprint density at radius 1 is 1.04 bits per heavy atom. The van der Waals surface area contributed by atoms with E-state index in [4.69, 9.17) is 4.98 Å². The van der Waals surface area contributed by atoms with Crippen molar-refractivity contribution in [3.8, 4) is 11.3 Å². The summed E-state index contributed by atoms with van der Waals surface area (Å²) in [4.78, 5) is 20.7. The number of carbonyl (C=O) groups is 1. The van der Waals surface area contributed by atoms with Crippen molar-refractivity contribution in [1.29, 1.82) is 0 Å². The van der Waals surface area contributed by atoms with Gasteiger partial charge in [-0.1, -0.05) is 48.0 Å². The van der Waals surface area contributed by atoms with Crippen LogP contribution in [0.2, 0.25) is 0 Å². The standard InChI is InChI=1S/C24H25N3O/c1-16-6-8-17(9-7-16)23-14-21(20-4-2-3-5-22(20)26-23)24(28)27-18-10-11-19(27)15-25-13-12-18/h2-9,14,18-19,25H,10-13,15H2,1H3. The highest BCUT2D eigenvalue weighted by Crippen LogP contribution is 2.32. The SMILES string of the molecule is Cc1ccc(-c2cc(C(=O)N3C4CCNCC3CC4)c3ccccc3n2)cc1. The van der Waals surface area contributed by atoms with Gasteiger partial charge in [0.05, 0.1) is 16.8 Å². The minimum atomic E-state index is 0.156. The average molecular weight is 371 g/mol. The first-order valence-corrected chi connectivity index (χ1v) is 10.2. The van der Waals surface area contributed by atoms with Crippen LogP contribution < -0.4 is 5.32 Å². The molecule has 2 unspecified atom stereocenters. The number of hydrogen-bond donors (Lipinski definition) is 1. The van der Waals surface area contributed by atoms with Crippen LogP contribution in [-0.2, 0) is 0 Å². The summed E-state index contributed by atoms with van der Waals surface area (Å²) in [6, 6.07) is 19.0. The Morgan fingerprint density at radius 3 is 2.68 bits per heavy atom. The highest BCUT2D eigenvalue weighted by atomic mass is 16.2. The molecule has 1 N–H and O–H groups in total. The third-order valence-electron chi connectivity index (χ3n) is 6.18. The van der Waals surface area contributed by atoms with Crippen molar-refractivity contribution in [3.63, 3.8) is 0 Å². The number of pyridine rings is 1. The van der Waals surface area contributed by atoms with Crippen LogP contribution in [0.15, 0.2) is 54.6 Å². The van der Waals surface area contributed by atoms with Gasteiger partial charge < -0.3 is 10.2 Å². The number of para-hydroxylation sites is 1. The van der Waals surface area contributed by atoms with Gasteiger partial charge >= 0.3 is 0 Å². The van der Waals surface area contributed by atoms with Crippen LogP contribution in [-0.4, -0.2) is 41.0 Å². The van der Waals surface area contributed by atoms with Crippen LogP contribution in [0.1, 0.15) is 35.2 Å². The second-order valence-electron chi connectivity index (χ2n) is 8.03. The smallest absolute Gasteiger partial charge is 0.255 e. The molecular weight excluding hydrogens is 346 g/mol. The molecular formula is C24H25N3O. The van der Waals surface area contributed by atoms with Crippen molar-refractivity contribution in [2.45, 2.75) is 38.3 Å². The molecule has 4 nitrogen and oxygen atoms in total. The molecule has 2 aliphatic heterocycles. The van der Waals surface area contributed by atoms with E-state index in [1.54, 1.807) is 0 Å². The van der Waals surface area contributed by atoms with Gasteiger partial charge in [0.15, 0.2) is 0 Å². The number of rotatable bonds is 2. The average Bonchev–Trinajstić information content (AvgIpc) is 2.99. The summed E-state index contributed by atoms with van der Waals surface area (Å²) in [7, 11) is 0. The predicted molar refractivity (Wildman–Crippen MR) is 112 cm³/mol. The maximum Gasteiger partial charge on any atom is 0.255 e. The van der Waals surface area contributed by atoms with Crippen LogP contribution in [0.3, 0.4) is 0 Å². The number of fused-ring (bicyclic) bond motifs is 3. The van der Waals surface area contributed by atoms with Crippen LogP contribution in [0.4, 0.5) is 0 Å². The quantitative estimate of drug-likeness (QED) is 0.735. The Morgan fingerprint density at radius 2 is 1.82 bits per heavy atom. The maximum atomic E-state index is 13.7. The monoisotopic (exact) mass is 371 g/mol. The maximum absolute atomic E-state index is 13.7. The van der Waals surface area contributed by atoms with Crippen molar-refractivity contribution in [2.24, 2.45) is 0 Å².